The second-order valence-corrected chi connectivity index (χ2v) is 8.07. The first-order valence-corrected chi connectivity index (χ1v) is 10.3. The summed E-state index contributed by atoms with van der Waals surface area (Å²) < 4.78 is 3.55. The van der Waals surface area contributed by atoms with Crippen LogP contribution >= 0.6 is 0 Å². The molecule has 1 saturated carbocycles. The van der Waals surface area contributed by atoms with Gasteiger partial charge in [-0.25, -0.2) is 4.52 Å². The van der Waals surface area contributed by atoms with Crippen LogP contribution in [0.5, 0.6) is 0 Å². The molecule has 0 atom stereocenters. The maximum Gasteiger partial charge on any atom is 0.261 e. The Morgan fingerprint density at radius 3 is 2.70 bits per heavy atom. The minimum absolute atomic E-state index is 0.0757. The largest absolute Gasteiger partial charge is 0.355 e. The fraction of sp³-hybridized carbons (Fsp3) is 0.364. The van der Waals surface area contributed by atoms with Crippen molar-refractivity contribution in [3.8, 4) is 5.69 Å². The van der Waals surface area contributed by atoms with Crippen molar-refractivity contribution in [2.45, 2.75) is 32.2 Å². The van der Waals surface area contributed by atoms with Crippen LogP contribution in [0.1, 0.15) is 40.0 Å². The van der Waals surface area contributed by atoms with Crippen molar-refractivity contribution in [3.63, 3.8) is 0 Å². The predicted molar refractivity (Wildman–Crippen MR) is 111 cm³/mol. The van der Waals surface area contributed by atoms with E-state index in [-0.39, 0.29) is 11.5 Å². The van der Waals surface area contributed by atoms with E-state index in [9.17, 15) is 14.4 Å². The Hall–Kier alpha value is -3.42. The third kappa shape index (κ3) is 2.99. The SMILES string of the molecule is CNC(=O)c1ccc(-n2c(=O)c3c(n4ncc(CC5CC5)c24)CN(C=O)CC3)cc1. The molecule has 30 heavy (non-hydrogen) atoms. The predicted octanol–water partition coefficient (Wildman–Crippen LogP) is 1.31. The van der Waals surface area contributed by atoms with Crippen molar-refractivity contribution in [1.82, 2.24) is 24.4 Å². The highest BCUT2D eigenvalue weighted by atomic mass is 16.2. The van der Waals surface area contributed by atoms with Crippen LogP contribution in [-0.4, -0.2) is 45.0 Å². The lowest BCUT2D eigenvalue weighted by Gasteiger charge is -2.26. The highest BCUT2D eigenvalue weighted by Crippen LogP contribution is 2.34. The summed E-state index contributed by atoms with van der Waals surface area (Å²) in [4.78, 5) is 38.5. The molecular formula is C22H23N5O3. The highest BCUT2D eigenvalue weighted by Gasteiger charge is 2.28. The lowest BCUT2D eigenvalue weighted by Crippen LogP contribution is -2.38. The molecule has 0 spiro atoms. The molecule has 1 aliphatic heterocycles. The second kappa shape index (κ2) is 7.12. The van der Waals surface area contributed by atoms with E-state index in [0.29, 0.717) is 42.2 Å². The van der Waals surface area contributed by atoms with Crippen LogP contribution in [0.2, 0.25) is 0 Å². The van der Waals surface area contributed by atoms with Crippen molar-refractivity contribution in [3.05, 3.63) is 63.2 Å². The van der Waals surface area contributed by atoms with Gasteiger partial charge in [-0.15, -0.1) is 0 Å². The zero-order valence-electron chi connectivity index (χ0n) is 16.8. The number of carbonyl (C=O) groups excluding carboxylic acids is 2. The Bertz CT molecular complexity index is 1200. The number of hydrogen-bond acceptors (Lipinski definition) is 4. The van der Waals surface area contributed by atoms with E-state index in [0.717, 1.165) is 29.7 Å². The van der Waals surface area contributed by atoms with Crippen molar-refractivity contribution in [2.24, 2.45) is 5.92 Å². The first-order valence-electron chi connectivity index (χ1n) is 10.3. The summed E-state index contributed by atoms with van der Waals surface area (Å²) in [6, 6.07) is 7.04. The molecule has 1 aliphatic carbocycles. The number of rotatable bonds is 5. The number of nitrogens with one attached hydrogen (secondary N) is 1. The van der Waals surface area contributed by atoms with E-state index in [1.807, 2.05) is 10.7 Å². The van der Waals surface area contributed by atoms with Gasteiger partial charge in [-0.3, -0.25) is 19.0 Å². The first-order chi connectivity index (χ1) is 14.6. The Morgan fingerprint density at radius 2 is 2.03 bits per heavy atom. The van der Waals surface area contributed by atoms with E-state index in [4.69, 9.17) is 0 Å². The molecule has 1 N–H and O–H groups in total. The standard InChI is InChI=1S/C22H23N5O3/c1-23-20(29)15-4-6-17(7-5-15)26-21-16(10-14-2-3-14)11-24-27(21)19-12-25(13-28)9-8-18(19)22(26)30/h4-7,11,13-14H,2-3,8-10,12H2,1H3,(H,23,29). The Kier molecular flexibility index (Phi) is 4.42. The van der Waals surface area contributed by atoms with Crippen LogP contribution in [-0.2, 0) is 24.2 Å². The van der Waals surface area contributed by atoms with Crippen LogP contribution in [0.25, 0.3) is 11.3 Å². The van der Waals surface area contributed by atoms with E-state index in [1.165, 1.54) is 12.8 Å². The Balaban J connectivity index is 1.73. The smallest absolute Gasteiger partial charge is 0.261 e. The zero-order chi connectivity index (χ0) is 20.8. The molecule has 0 saturated heterocycles. The molecule has 0 radical (unpaired) electrons. The lowest BCUT2D eigenvalue weighted by atomic mass is 10.1. The van der Waals surface area contributed by atoms with Gasteiger partial charge in [0.15, 0.2) is 0 Å². The van der Waals surface area contributed by atoms with Gasteiger partial charge < -0.3 is 10.2 Å². The molecule has 1 aromatic carbocycles. The normalized spacial score (nSPS) is 15.8. The molecule has 3 heterocycles. The Labute approximate surface area is 173 Å². The minimum Gasteiger partial charge on any atom is -0.355 e. The van der Waals surface area contributed by atoms with Gasteiger partial charge in [-0.05, 0) is 55.9 Å². The van der Waals surface area contributed by atoms with Gasteiger partial charge in [-0.1, -0.05) is 0 Å². The highest BCUT2D eigenvalue weighted by molar-refractivity contribution is 5.94. The van der Waals surface area contributed by atoms with Gasteiger partial charge >= 0.3 is 0 Å². The van der Waals surface area contributed by atoms with Crippen molar-refractivity contribution >= 4 is 18.0 Å². The summed E-state index contributed by atoms with van der Waals surface area (Å²) in [5.41, 5.74) is 4.44. The summed E-state index contributed by atoms with van der Waals surface area (Å²) in [6.45, 7) is 0.897. The first kappa shape index (κ1) is 18.6. The quantitative estimate of drug-likeness (QED) is 0.649. The molecule has 2 amide bonds. The van der Waals surface area contributed by atoms with E-state index >= 15 is 0 Å². The second-order valence-electron chi connectivity index (χ2n) is 8.07. The van der Waals surface area contributed by atoms with Crippen LogP contribution in [0.15, 0.2) is 35.3 Å². The molecule has 3 aromatic rings. The molecule has 8 heteroatoms. The fourth-order valence-electron chi connectivity index (χ4n) is 4.25. The molecule has 154 valence electrons. The average Bonchev–Trinajstić information content (AvgIpc) is 3.51. The maximum atomic E-state index is 13.6. The van der Waals surface area contributed by atoms with E-state index < -0.39 is 0 Å². The number of hydrogen-bond donors (Lipinski definition) is 1. The monoisotopic (exact) mass is 405 g/mol. The molecule has 2 aromatic heterocycles. The summed E-state index contributed by atoms with van der Waals surface area (Å²) >= 11 is 0. The van der Waals surface area contributed by atoms with Gasteiger partial charge in [0.25, 0.3) is 11.5 Å². The van der Waals surface area contributed by atoms with Gasteiger partial charge in [0.1, 0.15) is 5.65 Å². The number of benzene rings is 1. The maximum absolute atomic E-state index is 13.6. The molecular weight excluding hydrogens is 382 g/mol. The van der Waals surface area contributed by atoms with Crippen molar-refractivity contribution in [2.75, 3.05) is 13.6 Å². The Morgan fingerprint density at radius 1 is 1.27 bits per heavy atom. The van der Waals surface area contributed by atoms with Gasteiger partial charge in [0.05, 0.1) is 24.1 Å². The van der Waals surface area contributed by atoms with Gasteiger partial charge in [-0.2, -0.15) is 5.10 Å². The molecule has 2 aliphatic rings. The van der Waals surface area contributed by atoms with Crippen LogP contribution in [0.4, 0.5) is 0 Å². The molecule has 0 unspecified atom stereocenters. The topological polar surface area (TPSA) is 88.7 Å². The van der Waals surface area contributed by atoms with Gasteiger partial charge in [0.2, 0.25) is 6.41 Å². The third-order valence-electron chi connectivity index (χ3n) is 6.07. The summed E-state index contributed by atoms with van der Waals surface area (Å²) in [5.74, 6) is 0.469. The zero-order valence-corrected chi connectivity index (χ0v) is 16.8. The number of fused-ring (bicyclic) bond motifs is 3. The third-order valence-corrected chi connectivity index (χ3v) is 6.07. The molecule has 0 bridgehead atoms. The van der Waals surface area contributed by atoms with Crippen molar-refractivity contribution in [1.29, 1.82) is 0 Å². The lowest BCUT2D eigenvalue weighted by molar-refractivity contribution is -0.119. The van der Waals surface area contributed by atoms with Crippen LogP contribution < -0.4 is 10.9 Å². The fourth-order valence-corrected chi connectivity index (χ4v) is 4.25. The van der Waals surface area contributed by atoms with Crippen LogP contribution in [0, 0.1) is 5.92 Å². The number of nitrogens with zero attached hydrogens (tertiary/aromatic N) is 4. The number of aromatic nitrogens is 3. The summed E-state index contributed by atoms with van der Waals surface area (Å²) in [6.07, 6.45) is 6.46. The van der Waals surface area contributed by atoms with Crippen LogP contribution in [0.3, 0.4) is 0 Å². The molecule has 1 fully saturated rings. The summed E-state index contributed by atoms with van der Waals surface area (Å²) in [5, 5.41) is 7.23. The van der Waals surface area contributed by atoms with E-state index in [1.54, 1.807) is 40.8 Å². The van der Waals surface area contributed by atoms with E-state index in [2.05, 4.69) is 10.4 Å². The average molecular weight is 405 g/mol. The summed E-state index contributed by atoms with van der Waals surface area (Å²) in [7, 11) is 1.59. The van der Waals surface area contributed by atoms with Crippen molar-refractivity contribution < 1.29 is 9.59 Å². The molecule has 8 nitrogen and oxygen atoms in total. The number of amides is 2. The number of carbonyl (C=O) groups is 2. The minimum atomic E-state index is -0.169. The molecule has 5 rings (SSSR count). The van der Waals surface area contributed by atoms with Gasteiger partial charge in [0, 0.05) is 30.3 Å².